The second-order valence-electron chi connectivity index (χ2n) is 5.21. The minimum absolute atomic E-state index is 0.506. The van der Waals surface area contributed by atoms with Gasteiger partial charge in [0.05, 0.1) is 0 Å². The number of aryl methyl sites for hydroxylation is 1. The smallest absolute Gasteiger partial charge is 0.129 e. The molecule has 100 valence electrons. The molecule has 0 radical (unpaired) electrons. The Balaban J connectivity index is 2.21. The molecule has 0 saturated carbocycles. The van der Waals surface area contributed by atoms with Gasteiger partial charge in [0.1, 0.15) is 5.82 Å². The summed E-state index contributed by atoms with van der Waals surface area (Å²) in [5.41, 5.74) is 2.17. The van der Waals surface area contributed by atoms with Crippen molar-refractivity contribution in [2.24, 2.45) is 0 Å². The predicted molar refractivity (Wildman–Crippen MR) is 77.5 cm³/mol. The van der Waals surface area contributed by atoms with E-state index in [1.54, 1.807) is 0 Å². The maximum atomic E-state index is 5.88. The van der Waals surface area contributed by atoms with Crippen LogP contribution in [0.25, 0.3) is 0 Å². The molecule has 1 aromatic heterocycles. The summed E-state index contributed by atoms with van der Waals surface area (Å²) in [7, 11) is 2.19. The number of halogens is 1. The quantitative estimate of drug-likeness (QED) is 0.768. The number of rotatable bonds is 2. The third kappa shape index (κ3) is 2.96. The molecule has 1 atom stereocenters. The van der Waals surface area contributed by atoms with Crippen LogP contribution in [0.4, 0.5) is 5.82 Å². The van der Waals surface area contributed by atoms with Crippen LogP contribution in [0.1, 0.15) is 24.6 Å². The van der Waals surface area contributed by atoms with Crippen LogP contribution in [0.2, 0.25) is 0 Å². The lowest BCUT2D eigenvalue weighted by atomic mass is 10.2. The van der Waals surface area contributed by atoms with Crippen LogP contribution in [0, 0.1) is 6.92 Å². The monoisotopic (exact) mass is 267 g/mol. The Morgan fingerprint density at radius 1 is 1.39 bits per heavy atom. The normalized spacial score (nSPS) is 22.0. The molecule has 1 unspecified atom stereocenters. The van der Waals surface area contributed by atoms with Crippen LogP contribution in [-0.2, 0) is 5.88 Å². The SMILES string of the molecule is Cc1nc(N2CCCN(C)CC2C)ccc1CCl. The molecule has 0 aromatic carbocycles. The molecule has 0 spiro atoms. The van der Waals surface area contributed by atoms with Crippen LogP contribution in [0.3, 0.4) is 0 Å². The fraction of sp³-hybridized carbons (Fsp3) is 0.643. The molecule has 1 aliphatic heterocycles. The molecule has 0 bridgehead atoms. The molecule has 1 aromatic rings. The maximum absolute atomic E-state index is 5.88. The first-order valence-electron chi connectivity index (χ1n) is 6.59. The summed E-state index contributed by atoms with van der Waals surface area (Å²) < 4.78 is 0. The number of aromatic nitrogens is 1. The van der Waals surface area contributed by atoms with E-state index in [9.17, 15) is 0 Å². The zero-order valence-electron chi connectivity index (χ0n) is 11.5. The van der Waals surface area contributed by atoms with E-state index in [-0.39, 0.29) is 0 Å². The molecule has 1 aliphatic rings. The first kappa shape index (κ1) is 13.6. The summed E-state index contributed by atoms with van der Waals surface area (Å²) in [5.74, 6) is 1.63. The standard InChI is InChI=1S/C14H22ClN3/c1-11-10-17(3)7-4-8-18(11)14-6-5-13(9-15)12(2)16-14/h5-6,11H,4,7-10H2,1-3H3. The van der Waals surface area contributed by atoms with Gasteiger partial charge < -0.3 is 9.80 Å². The fourth-order valence-electron chi connectivity index (χ4n) is 2.59. The minimum Gasteiger partial charge on any atom is -0.353 e. The van der Waals surface area contributed by atoms with E-state index >= 15 is 0 Å². The Hall–Kier alpha value is -0.800. The first-order valence-corrected chi connectivity index (χ1v) is 7.13. The molecular weight excluding hydrogens is 246 g/mol. The van der Waals surface area contributed by atoms with Crippen molar-refractivity contribution in [1.29, 1.82) is 0 Å². The summed E-state index contributed by atoms with van der Waals surface area (Å²) in [6, 6.07) is 4.71. The average Bonchev–Trinajstić information content (AvgIpc) is 2.50. The van der Waals surface area contributed by atoms with Crippen molar-refractivity contribution in [2.45, 2.75) is 32.2 Å². The average molecular weight is 268 g/mol. The minimum atomic E-state index is 0.506. The molecule has 4 heteroatoms. The van der Waals surface area contributed by atoms with Gasteiger partial charge in [-0.05, 0) is 45.5 Å². The van der Waals surface area contributed by atoms with Crippen LogP contribution in [0.15, 0.2) is 12.1 Å². The Morgan fingerprint density at radius 3 is 2.83 bits per heavy atom. The number of alkyl halides is 1. The number of nitrogens with zero attached hydrogens (tertiary/aromatic N) is 3. The predicted octanol–water partition coefficient (Wildman–Crippen LogP) is 2.66. The van der Waals surface area contributed by atoms with Crippen molar-refractivity contribution >= 4 is 17.4 Å². The van der Waals surface area contributed by atoms with Gasteiger partial charge in [0.15, 0.2) is 0 Å². The van der Waals surface area contributed by atoms with Gasteiger partial charge in [0.2, 0.25) is 0 Å². The Kier molecular flexibility index (Phi) is 4.46. The Labute approximate surface area is 115 Å². The molecule has 1 saturated heterocycles. The second-order valence-corrected chi connectivity index (χ2v) is 5.47. The third-order valence-electron chi connectivity index (χ3n) is 3.67. The Morgan fingerprint density at radius 2 is 2.17 bits per heavy atom. The van der Waals surface area contributed by atoms with E-state index in [2.05, 4.69) is 35.9 Å². The van der Waals surface area contributed by atoms with Crippen molar-refractivity contribution in [1.82, 2.24) is 9.88 Å². The number of pyridine rings is 1. The number of likely N-dealkylation sites (N-methyl/N-ethyl adjacent to an activating group) is 1. The molecule has 2 rings (SSSR count). The third-order valence-corrected chi connectivity index (χ3v) is 3.95. The number of anilines is 1. The van der Waals surface area contributed by atoms with E-state index < -0.39 is 0 Å². The lowest BCUT2D eigenvalue weighted by Gasteiger charge is -2.29. The highest BCUT2D eigenvalue weighted by Gasteiger charge is 2.20. The van der Waals surface area contributed by atoms with Crippen LogP contribution < -0.4 is 4.90 Å². The first-order chi connectivity index (χ1) is 8.61. The van der Waals surface area contributed by atoms with Crippen molar-refractivity contribution in [2.75, 3.05) is 31.6 Å². The largest absolute Gasteiger partial charge is 0.353 e. The molecule has 2 heterocycles. The van der Waals surface area contributed by atoms with Gasteiger partial charge in [-0.1, -0.05) is 6.07 Å². The molecule has 18 heavy (non-hydrogen) atoms. The van der Waals surface area contributed by atoms with E-state index in [0.717, 1.165) is 30.2 Å². The summed E-state index contributed by atoms with van der Waals surface area (Å²) in [6.07, 6.45) is 1.19. The van der Waals surface area contributed by atoms with Crippen molar-refractivity contribution < 1.29 is 0 Å². The molecular formula is C14H22ClN3. The summed E-state index contributed by atoms with van der Waals surface area (Å²) >= 11 is 5.88. The highest BCUT2D eigenvalue weighted by molar-refractivity contribution is 6.17. The van der Waals surface area contributed by atoms with Crippen molar-refractivity contribution in [3.63, 3.8) is 0 Å². The van der Waals surface area contributed by atoms with E-state index in [1.807, 2.05) is 6.92 Å². The van der Waals surface area contributed by atoms with Crippen LogP contribution in [-0.4, -0.2) is 42.6 Å². The topological polar surface area (TPSA) is 19.4 Å². The van der Waals surface area contributed by atoms with Gasteiger partial charge in [-0.3, -0.25) is 0 Å². The maximum Gasteiger partial charge on any atom is 0.129 e. The summed E-state index contributed by atoms with van der Waals surface area (Å²) in [5, 5.41) is 0. The van der Waals surface area contributed by atoms with Gasteiger partial charge in [0.25, 0.3) is 0 Å². The number of hydrogen-bond acceptors (Lipinski definition) is 3. The van der Waals surface area contributed by atoms with Crippen molar-refractivity contribution in [3.8, 4) is 0 Å². The fourth-order valence-corrected chi connectivity index (χ4v) is 2.87. The van der Waals surface area contributed by atoms with Gasteiger partial charge in [0, 0.05) is 30.7 Å². The molecule has 0 amide bonds. The molecule has 0 aliphatic carbocycles. The van der Waals surface area contributed by atoms with E-state index in [0.29, 0.717) is 11.9 Å². The van der Waals surface area contributed by atoms with Crippen molar-refractivity contribution in [3.05, 3.63) is 23.4 Å². The molecule has 3 nitrogen and oxygen atoms in total. The molecule has 1 fully saturated rings. The van der Waals surface area contributed by atoms with Gasteiger partial charge in [-0.2, -0.15) is 0 Å². The summed E-state index contributed by atoms with van der Waals surface area (Å²) in [4.78, 5) is 9.51. The Bertz CT molecular complexity index is 408. The van der Waals surface area contributed by atoms with Gasteiger partial charge in [-0.15, -0.1) is 11.6 Å². The zero-order valence-corrected chi connectivity index (χ0v) is 12.2. The van der Waals surface area contributed by atoms with Gasteiger partial charge >= 0.3 is 0 Å². The highest BCUT2D eigenvalue weighted by Crippen LogP contribution is 2.20. The lowest BCUT2D eigenvalue weighted by Crippen LogP contribution is -2.38. The summed E-state index contributed by atoms with van der Waals surface area (Å²) in [6.45, 7) is 7.65. The van der Waals surface area contributed by atoms with Crippen LogP contribution in [0.5, 0.6) is 0 Å². The van der Waals surface area contributed by atoms with E-state index in [1.165, 1.54) is 13.0 Å². The molecule has 0 N–H and O–H groups in total. The zero-order chi connectivity index (χ0) is 13.1. The van der Waals surface area contributed by atoms with E-state index in [4.69, 9.17) is 16.6 Å². The number of hydrogen-bond donors (Lipinski definition) is 0. The lowest BCUT2D eigenvalue weighted by molar-refractivity contribution is 0.337. The van der Waals surface area contributed by atoms with Crippen LogP contribution >= 0.6 is 11.6 Å². The second kappa shape index (κ2) is 5.89. The highest BCUT2D eigenvalue weighted by atomic mass is 35.5. The van der Waals surface area contributed by atoms with Gasteiger partial charge in [-0.25, -0.2) is 4.98 Å².